The van der Waals surface area contributed by atoms with Crippen molar-refractivity contribution in [1.82, 2.24) is 0 Å². The summed E-state index contributed by atoms with van der Waals surface area (Å²) in [7, 11) is 0. The fraction of sp³-hybridized carbons (Fsp3) is 0.267. The molecule has 0 aliphatic heterocycles. The molecule has 0 bridgehead atoms. The van der Waals surface area contributed by atoms with E-state index in [9.17, 15) is 9.18 Å². The molecule has 5 heteroatoms. The van der Waals surface area contributed by atoms with Crippen LogP contribution in [0.4, 0.5) is 10.1 Å². The van der Waals surface area contributed by atoms with Crippen molar-refractivity contribution in [3.8, 4) is 0 Å². The fourth-order valence-corrected chi connectivity index (χ4v) is 2.97. The summed E-state index contributed by atoms with van der Waals surface area (Å²) in [4.78, 5) is 13.2. The van der Waals surface area contributed by atoms with Crippen molar-refractivity contribution in [3.63, 3.8) is 0 Å². The Morgan fingerprint density at radius 3 is 2.95 bits per heavy atom. The van der Waals surface area contributed by atoms with E-state index in [0.717, 1.165) is 18.4 Å². The van der Waals surface area contributed by atoms with Gasteiger partial charge in [0.15, 0.2) is 0 Å². The lowest BCUT2D eigenvalue weighted by atomic mass is 10.1. The number of amides is 1. The number of rotatable bonds is 5. The van der Waals surface area contributed by atoms with Crippen molar-refractivity contribution in [2.75, 3.05) is 5.32 Å². The Morgan fingerprint density at radius 2 is 2.25 bits per heavy atom. The van der Waals surface area contributed by atoms with E-state index in [4.69, 9.17) is 0 Å². The van der Waals surface area contributed by atoms with Crippen LogP contribution in [0.3, 0.4) is 0 Å². The summed E-state index contributed by atoms with van der Waals surface area (Å²) in [6.45, 7) is 1.77. The lowest BCUT2D eigenvalue weighted by molar-refractivity contribution is -0.116. The molecular formula is C15H15BrFNOS. The lowest BCUT2D eigenvalue weighted by Crippen LogP contribution is -2.12. The van der Waals surface area contributed by atoms with Crippen LogP contribution in [0.2, 0.25) is 0 Å². The maximum Gasteiger partial charge on any atom is 0.224 e. The maximum atomic E-state index is 13.3. The van der Waals surface area contributed by atoms with Gasteiger partial charge in [0.2, 0.25) is 5.91 Å². The van der Waals surface area contributed by atoms with Crippen LogP contribution in [-0.4, -0.2) is 5.91 Å². The van der Waals surface area contributed by atoms with Gasteiger partial charge in [0.05, 0.1) is 4.47 Å². The van der Waals surface area contributed by atoms with Gasteiger partial charge in [-0.3, -0.25) is 4.79 Å². The first-order chi connectivity index (χ1) is 9.56. The van der Waals surface area contributed by atoms with E-state index in [1.54, 1.807) is 24.3 Å². The topological polar surface area (TPSA) is 29.1 Å². The number of hydrogen-bond acceptors (Lipinski definition) is 2. The normalized spacial score (nSPS) is 10.6. The Bertz CT molecular complexity index is 598. The molecule has 1 N–H and O–H groups in total. The zero-order valence-corrected chi connectivity index (χ0v) is 13.5. The summed E-state index contributed by atoms with van der Waals surface area (Å²) in [6.07, 6.45) is 2.19. The van der Waals surface area contributed by atoms with Gasteiger partial charge in [0.25, 0.3) is 0 Å². The van der Waals surface area contributed by atoms with Gasteiger partial charge in [-0.15, -0.1) is 11.3 Å². The van der Waals surface area contributed by atoms with Crippen LogP contribution in [-0.2, 0) is 11.2 Å². The van der Waals surface area contributed by atoms with Crippen molar-refractivity contribution in [3.05, 3.63) is 50.4 Å². The molecule has 1 aromatic heterocycles. The second-order valence-electron chi connectivity index (χ2n) is 4.56. The predicted molar refractivity (Wildman–Crippen MR) is 84.7 cm³/mol. The van der Waals surface area contributed by atoms with Crippen LogP contribution in [0.25, 0.3) is 0 Å². The minimum absolute atomic E-state index is 0.0387. The molecule has 20 heavy (non-hydrogen) atoms. The van der Waals surface area contributed by atoms with Gasteiger partial charge in [0.1, 0.15) is 5.82 Å². The Kier molecular flexibility index (Phi) is 5.31. The Labute approximate surface area is 130 Å². The third kappa shape index (κ3) is 4.15. The fourth-order valence-electron chi connectivity index (χ4n) is 1.87. The number of carbonyl (C=O) groups excluding carboxylic acids is 1. The summed E-state index contributed by atoms with van der Waals surface area (Å²) < 4.78 is 13.7. The summed E-state index contributed by atoms with van der Waals surface area (Å²) >= 11 is 4.83. The summed E-state index contributed by atoms with van der Waals surface area (Å²) in [5.74, 6) is -0.360. The average molecular weight is 356 g/mol. The van der Waals surface area contributed by atoms with Gasteiger partial charge in [-0.1, -0.05) is 6.07 Å². The van der Waals surface area contributed by atoms with Crippen molar-refractivity contribution >= 4 is 38.9 Å². The van der Waals surface area contributed by atoms with Gasteiger partial charge in [0, 0.05) is 17.0 Å². The number of aryl methyl sites for hydroxylation is 2. The van der Waals surface area contributed by atoms with Crippen molar-refractivity contribution < 1.29 is 9.18 Å². The van der Waals surface area contributed by atoms with Crippen molar-refractivity contribution in [2.24, 2.45) is 0 Å². The molecule has 0 radical (unpaired) electrons. The van der Waals surface area contributed by atoms with Crippen LogP contribution in [0, 0.1) is 12.7 Å². The quantitative estimate of drug-likeness (QED) is 0.810. The summed E-state index contributed by atoms with van der Waals surface area (Å²) in [5, 5.41) is 4.86. The average Bonchev–Trinajstić information content (AvgIpc) is 2.89. The number of halogens is 2. The molecular weight excluding hydrogens is 341 g/mol. The molecule has 1 amide bonds. The van der Waals surface area contributed by atoms with Gasteiger partial charge in [-0.05, 0) is 64.8 Å². The molecule has 0 saturated carbocycles. The molecule has 0 atom stereocenters. The van der Waals surface area contributed by atoms with Crippen LogP contribution in [0.15, 0.2) is 34.1 Å². The van der Waals surface area contributed by atoms with Gasteiger partial charge < -0.3 is 5.32 Å². The van der Waals surface area contributed by atoms with Crippen LogP contribution in [0.1, 0.15) is 23.3 Å². The minimum Gasteiger partial charge on any atom is -0.326 e. The first-order valence-electron chi connectivity index (χ1n) is 6.34. The predicted octanol–water partition coefficient (Wildman–Crippen LogP) is 4.92. The summed E-state index contributed by atoms with van der Waals surface area (Å²) in [6, 6.07) is 7.09. The lowest BCUT2D eigenvalue weighted by Gasteiger charge is -2.09. The second kappa shape index (κ2) is 6.99. The molecule has 2 nitrogen and oxygen atoms in total. The largest absolute Gasteiger partial charge is 0.326 e. The van der Waals surface area contributed by atoms with Crippen LogP contribution in [0.5, 0.6) is 0 Å². The van der Waals surface area contributed by atoms with E-state index in [-0.39, 0.29) is 11.7 Å². The third-order valence-electron chi connectivity index (χ3n) is 2.95. The molecule has 0 saturated heterocycles. The zero-order chi connectivity index (χ0) is 14.5. The van der Waals surface area contributed by atoms with Crippen LogP contribution >= 0.6 is 27.3 Å². The molecule has 0 unspecified atom stereocenters. The minimum atomic E-state index is -0.321. The second-order valence-corrected chi connectivity index (χ2v) is 6.45. The highest BCUT2D eigenvalue weighted by Crippen LogP contribution is 2.24. The molecule has 0 aliphatic rings. The monoisotopic (exact) mass is 355 g/mol. The van der Waals surface area contributed by atoms with E-state index in [1.807, 2.05) is 11.4 Å². The molecule has 0 aliphatic carbocycles. The number of thiophene rings is 1. The first-order valence-corrected chi connectivity index (χ1v) is 8.01. The number of benzene rings is 1. The Morgan fingerprint density at radius 1 is 1.45 bits per heavy atom. The number of hydrogen-bond donors (Lipinski definition) is 1. The molecule has 106 valence electrons. The SMILES string of the molecule is Cc1cc(F)c(Br)cc1NC(=O)CCCc1cccs1. The maximum absolute atomic E-state index is 13.3. The highest BCUT2D eigenvalue weighted by molar-refractivity contribution is 9.10. The van der Waals surface area contributed by atoms with Crippen molar-refractivity contribution in [2.45, 2.75) is 26.2 Å². The highest BCUT2D eigenvalue weighted by Gasteiger charge is 2.08. The molecule has 1 heterocycles. The molecule has 1 aromatic carbocycles. The molecule has 0 spiro atoms. The van der Waals surface area contributed by atoms with Crippen molar-refractivity contribution in [1.29, 1.82) is 0 Å². The van der Waals surface area contributed by atoms with E-state index in [2.05, 4.69) is 27.3 Å². The molecule has 2 rings (SSSR count). The van der Waals surface area contributed by atoms with E-state index in [0.29, 0.717) is 16.6 Å². The van der Waals surface area contributed by atoms with Gasteiger partial charge in [-0.25, -0.2) is 4.39 Å². The van der Waals surface area contributed by atoms with E-state index >= 15 is 0 Å². The van der Waals surface area contributed by atoms with Gasteiger partial charge in [-0.2, -0.15) is 0 Å². The third-order valence-corrected chi connectivity index (χ3v) is 4.49. The molecule has 0 fully saturated rings. The van der Waals surface area contributed by atoms with E-state index < -0.39 is 0 Å². The summed E-state index contributed by atoms with van der Waals surface area (Å²) in [5.41, 5.74) is 1.37. The zero-order valence-electron chi connectivity index (χ0n) is 11.1. The van der Waals surface area contributed by atoms with Gasteiger partial charge >= 0.3 is 0 Å². The van der Waals surface area contributed by atoms with Crippen LogP contribution < -0.4 is 5.32 Å². The molecule has 2 aromatic rings. The number of carbonyl (C=O) groups is 1. The Balaban J connectivity index is 1.86. The highest BCUT2D eigenvalue weighted by atomic mass is 79.9. The first kappa shape index (κ1) is 15.2. The smallest absolute Gasteiger partial charge is 0.224 e. The Hall–Kier alpha value is -1.20. The number of nitrogens with one attached hydrogen (secondary N) is 1. The standard InChI is InChI=1S/C15H15BrFNOS/c1-10-8-13(17)12(16)9-14(10)18-15(19)6-2-4-11-5-3-7-20-11/h3,5,7-9H,2,4,6H2,1H3,(H,18,19). The van der Waals surface area contributed by atoms with E-state index in [1.165, 1.54) is 10.9 Å². The number of anilines is 1.